The zero-order valence-corrected chi connectivity index (χ0v) is 11.7. The third kappa shape index (κ3) is 9.86. The Labute approximate surface area is 102 Å². The van der Waals surface area contributed by atoms with Gasteiger partial charge in [0.1, 0.15) is 0 Å². The summed E-state index contributed by atoms with van der Waals surface area (Å²) in [7, 11) is 1.26. The van der Waals surface area contributed by atoms with E-state index in [9.17, 15) is 0 Å². The number of unbranched alkanes of at least 4 members (excludes halogenated alkanes) is 1. The number of hydrogen-bond acceptors (Lipinski definition) is 1. The largest absolute Gasteiger partial charge is 0.285 e. The fourth-order valence-electron chi connectivity index (χ4n) is 1.14. The third-order valence-corrected chi connectivity index (χ3v) is 2.82. The van der Waals surface area contributed by atoms with E-state index < -0.39 is 0 Å². The maximum Gasteiger partial charge on any atom is 0.0650 e. The highest BCUT2D eigenvalue weighted by atomic mass is 31.1. The second kappa shape index (κ2) is 12.4. The van der Waals surface area contributed by atoms with Gasteiger partial charge in [-0.15, -0.1) is 0 Å². The first-order valence-corrected chi connectivity index (χ1v) is 7.15. The number of nitrogens with zero attached hydrogens (tertiary/aromatic N) is 1. The van der Waals surface area contributed by atoms with Crippen molar-refractivity contribution in [3.05, 3.63) is 24.3 Å². The van der Waals surface area contributed by atoms with E-state index in [0.29, 0.717) is 0 Å². The van der Waals surface area contributed by atoms with Crippen molar-refractivity contribution < 1.29 is 0 Å². The zero-order valence-electron chi connectivity index (χ0n) is 10.8. The lowest BCUT2D eigenvalue weighted by Gasteiger charge is -1.95. The molecule has 0 amide bonds. The SMILES string of the molecule is CC=PC(CC=CC=CCCC)=NCCC. The molecule has 2 heteroatoms. The molecule has 0 saturated heterocycles. The van der Waals surface area contributed by atoms with Gasteiger partial charge < -0.3 is 0 Å². The summed E-state index contributed by atoms with van der Waals surface area (Å²) >= 11 is 0. The Morgan fingerprint density at radius 2 is 1.88 bits per heavy atom. The maximum absolute atomic E-state index is 4.56. The summed E-state index contributed by atoms with van der Waals surface area (Å²) in [5.74, 6) is 2.15. The second-order valence-electron chi connectivity index (χ2n) is 3.53. The molecule has 0 aliphatic heterocycles. The lowest BCUT2D eigenvalue weighted by atomic mass is 10.3. The number of rotatable bonds is 8. The summed E-state index contributed by atoms with van der Waals surface area (Å²) in [4.78, 5) is 4.56. The van der Waals surface area contributed by atoms with Gasteiger partial charge in [-0.25, -0.2) is 0 Å². The quantitative estimate of drug-likeness (QED) is 0.324. The fraction of sp³-hybridized carbons (Fsp3) is 0.571. The van der Waals surface area contributed by atoms with Crippen molar-refractivity contribution in [3.63, 3.8) is 0 Å². The number of allylic oxidation sites excluding steroid dienone is 4. The molecule has 0 spiro atoms. The Kier molecular flexibility index (Phi) is 11.9. The highest BCUT2D eigenvalue weighted by Gasteiger charge is 1.89. The molecule has 0 aromatic heterocycles. The standard InChI is InChI=1S/C14H24NP/c1-4-7-8-9-10-11-12-14(16-6-3)15-13-5-2/h6,8-11H,4-5,7,12-13H2,1-3H3. The van der Waals surface area contributed by atoms with E-state index in [1.54, 1.807) is 0 Å². The molecule has 16 heavy (non-hydrogen) atoms. The molecule has 0 N–H and O–H groups in total. The molecule has 0 aromatic carbocycles. The number of hydrogen-bond donors (Lipinski definition) is 0. The Hall–Kier alpha value is -0.680. The minimum absolute atomic E-state index is 0.954. The predicted molar refractivity (Wildman–Crippen MR) is 79.1 cm³/mol. The van der Waals surface area contributed by atoms with Gasteiger partial charge in [0, 0.05) is 13.0 Å². The molecule has 0 heterocycles. The smallest absolute Gasteiger partial charge is 0.0650 e. The van der Waals surface area contributed by atoms with E-state index in [4.69, 9.17) is 0 Å². The molecule has 0 atom stereocenters. The van der Waals surface area contributed by atoms with Crippen LogP contribution in [0.1, 0.15) is 46.5 Å². The minimum atomic E-state index is 0.954. The summed E-state index contributed by atoms with van der Waals surface area (Å²) in [5.41, 5.74) is 1.27. The minimum Gasteiger partial charge on any atom is -0.285 e. The van der Waals surface area contributed by atoms with Gasteiger partial charge in [0.05, 0.1) is 5.45 Å². The van der Waals surface area contributed by atoms with Crippen LogP contribution in [0.15, 0.2) is 29.3 Å². The number of aliphatic imine (C=N–C) groups is 1. The molecule has 0 unspecified atom stereocenters. The van der Waals surface area contributed by atoms with Gasteiger partial charge in [0.15, 0.2) is 0 Å². The predicted octanol–water partition coefficient (Wildman–Crippen LogP) is 4.87. The van der Waals surface area contributed by atoms with Gasteiger partial charge in [-0.05, 0) is 19.8 Å². The van der Waals surface area contributed by atoms with E-state index in [1.165, 1.54) is 26.5 Å². The van der Waals surface area contributed by atoms with Crippen molar-refractivity contribution in [1.29, 1.82) is 0 Å². The van der Waals surface area contributed by atoms with Crippen LogP contribution in [-0.2, 0) is 0 Å². The van der Waals surface area contributed by atoms with E-state index in [0.717, 1.165) is 19.4 Å². The summed E-state index contributed by atoms with van der Waals surface area (Å²) < 4.78 is 0. The molecule has 0 aliphatic rings. The average Bonchev–Trinajstić information content (AvgIpc) is 2.30. The van der Waals surface area contributed by atoms with Gasteiger partial charge in [0.2, 0.25) is 0 Å². The van der Waals surface area contributed by atoms with E-state index in [1.807, 2.05) is 0 Å². The first-order valence-electron chi connectivity index (χ1n) is 6.18. The molecule has 0 aliphatic carbocycles. The first-order chi connectivity index (χ1) is 7.85. The van der Waals surface area contributed by atoms with Crippen LogP contribution in [0.5, 0.6) is 0 Å². The monoisotopic (exact) mass is 237 g/mol. The van der Waals surface area contributed by atoms with Crippen LogP contribution in [0, 0.1) is 0 Å². The van der Waals surface area contributed by atoms with E-state index >= 15 is 0 Å². The lowest BCUT2D eigenvalue weighted by Crippen LogP contribution is -1.88. The highest BCUT2D eigenvalue weighted by molar-refractivity contribution is 7.57. The Morgan fingerprint density at radius 3 is 2.50 bits per heavy atom. The van der Waals surface area contributed by atoms with Crippen LogP contribution < -0.4 is 0 Å². The Bertz CT molecular complexity index is 262. The normalized spacial score (nSPS) is 13.6. The summed E-state index contributed by atoms with van der Waals surface area (Å²) in [6.45, 7) is 7.39. The van der Waals surface area contributed by atoms with Gasteiger partial charge in [-0.1, -0.05) is 58.6 Å². The van der Waals surface area contributed by atoms with Crippen LogP contribution in [0.25, 0.3) is 0 Å². The van der Waals surface area contributed by atoms with Crippen molar-refractivity contribution in [2.45, 2.75) is 46.5 Å². The van der Waals surface area contributed by atoms with Gasteiger partial charge >= 0.3 is 0 Å². The van der Waals surface area contributed by atoms with Crippen LogP contribution >= 0.6 is 8.20 Å². The van der Waals surface area contributed by atoms with Crippen molar-refractivity contribution >= 4 is 19.5 Å². The molecule has 0 radical (unpaired) electrons. The molecule has 0 bridgehead atoms. The summed E-state index contributed by atoms with van der Waals surface area (Å²) in [5, 5.41) is 0. The maximum atomic E-state index is 4.56. The summed E-state index contributed by atoms with van der Waals surface area (Å²) in [6, 6.07) is 0. The Balaban J connectivity index is 4.01. The molecular weight excluding hydrogens is 213 g/mol. The van der Waals surface area contributed by atoms with Gasteiger partial charge in [-0.3, -0.25) is 4.99 Å². The van der Waals surface area contributed by atoms with Crippen molar-refractivity contribution in [1.82, 2.24) is 0 Å². The summed E-state index contributed by atoms with van der Waals surface area (Å²) in [6.07, 6.45) is 13.2. The second-order valence-corrected chi connectivity index (χ2v) is 4.83. The molecule has 90 valence electrons. The molecular formula is C14H24NP. The molecule has 0 saturated carbocycles. The van der Waals surface area contributed by atoms with Gasteiger partial charge in [-0.2, -0.15) is 0 Å². The van der Waals surface area contributed by atoms with E-state index in [2.05, 4.69) is 55.9 Å². The van der Waals surface area contributed by atoms with Gasteiger partial charge in [0.25, 0.3) is 0 Å². The van der Waals surface area contributed by atoms with Crippen LogP contribution in [0.3, 0.4) is 0 Å². The fourth-order valence-corrected chi connectivity index (χ4v) is 1.83. The topological polar surface area (TPSA) is 12.4 Å². The van der Waals surface area contributed by atoms with E-state index in [-0.39, 0.29) is 0 Å². The zero-order chi connectivity index (χ0) is 12.1. The third-order valence-electron chi connectivity index (χ3n) is 1.94. The van der Waals surface area contributed by atoms with Crippen LogP contribution in [-0.4, -0.2) is 17.8 Å². The lowest BCUT2D eigenvalue weighted by molar-refractivity contribution is 0.933. The van der Waals surface area contributed by atoms with Crippen LogP contribution in [0.4, 0.5) is 0 Å². The first kappa shape index (κ1) is 15.3. The average molecular weight is 237 g/mol. The van der Waals surface area contributed by atoms with Crippen molar-refractivity contribution in [3.8, 4) is 0 Å². The molecule has 1 nitrogen and oxygen atoms in total. The molecule has 0 rings (SSSR count). The van der Waals surface area contributed by atoms with Crippen LogP contribution in [0.2, 0.25) is 0 Å². The molecule has 0 fully saturated rings. The Morgan fingerprint density at radius 1 is 1.12 bits per heavy atom. The highest BCUT2D eigenvalue weighted by Crippen LogP contribution is 2.06. The molecule has 0 aromatic rings. The van der Waals surface area contributed by atoms with Crippen molar-refractivity contribution in [2.24, 2.45) is 4.99 Å². The van der Waals surface area contributed by atoms with Crippen molar-refractivity contribution in [2.75, 3.05) is 6.54 Å².